The van der Waals surface area contributed by atoms with Crippen LogP contribution in [-0.4, -0.2) is 46.2 Å². The molecule has 4 N–H and O–H groups in total. The molecule has 4 nitrogen and oxygen atoms in total. The molecular formula is C8H17NO3. The van der Waals surface area contributed by atoms with E-state index in [1.807, 2.05) is 6.92 Å². The van der Waals surface area contributed by atoms with Crippen LogP contribution in [0.3, 0.4) is 0 Å². The van der Waals surface area contributed by atoms with Gasteiger partial charge in [-0.3, -0.25) is 0 Å². The second-order valence-electron chi connectivity index (χ2n) is 3.35. The fraction of sp³-hybridized carbons (Fsp3) is 1.00. The molecule has 1 fully saturated rings. The van der Waals surface area contributed by atoms with Gasteiger partial charge in [0.2, 0.25) is 0 Å². The molecule has 0 saturated heterocycles. The normalized spacial score (nSPS) is 43.0. The zero-order valence-electron chi connectivity index (χ0n) is 7.27. The molecule has 12 heavy (non-hydrogen) atoms. The summed E-state index contributed by atoms with van der Waals surface area (Å²) in [5.74, 6) is 0. The minimum Gasteiger partial charge on any atom is -0.393 e. The molecule has 0 aromatic carbocycles. The van der Waals surface area contributed by atoms with E-state index in [1.165, 1.54) is 0 Å². The zero-order valence-corrected chi connectivity index (χ0v) is 7.27. The first-order valence-electron chi connectivity index (χ1n) is 4.42. The summed E-state index contributed by atoms with van der Waals surface area (Å²) in [7, 11) is 0. The van der Waals surface area contributed by atoms with Gasteiger partial charge in [-0.2, -0.15) is 0 Å². The van der Waals surface area contributed by atoms with Gasteiger partial charge >= 0.3 is 0 Å². The highest BCUT2D eigenvalue weighted by molar-refractivity contribution is 4.89. The highest BCUT2D eigenvalue weighted by Gasteiger charge is 2.34. The van der Waals surface area contributed by atoms with Crippen molar-refractivity contribution in [3.8, 4) is 0 Å². The van der Waals surface area contributed by atoms with Crippen LogP contribution in [0.15, 0.2) is 0 Å². The number of hydrogen-bond acceptors (Lipinski definition) is 4. The molecule has 0 amide bonds. The fourth-order valence-corrected chi connectivity index (χ4v) is 1.68. The Labute approximate surface area is 72.2 Å². The monoisotopic (exact) mass is 175 g/mol. The number of rotatable bonds is 2. The Bertz CT molecular complexity index is 142. The Morgan fingerprint density at radius 3 is 2.50 bits per heavy atom. The van der Waals surface area contributed by atoms with Crippen LogP contribution in [0.4, 0.5) is 0 Å². The first kappa shape index (κ1) is 9.92. The van der Waals surface area contributed by atoms with Crippen molar-refractivity contribution in [3.63, 3.8) is 0 Å². The van der Waals surface area contributed by atoms with E-state index in [0.29, 0.717) is 6.42 Å². The predicted octanol–water partition coefficient (Wildman–Crippen LogP) is -1.16. The van der Waals surface area contributed by atoms with E-state index < -0.39 is 18.3 Å². The Balaban J connectivity index is 2.47. The molecule has 0 heterocycles. The van der Waals surface area contributed by atoms with Crippen LogP contribution in [0, 0.1) is 0 Å². The van der Waals surface area contributed by atoms with Crippen molar-refractivity contribution in [2.45, 2.75) is 44.1 Å². The van der Waals surface area contributed by atoms with Crippen LogP contribution in [-0.2, 0) is 0 Å². The molecule has 72 valence electrons. The lowest BCUT2D eigenvalue weighted by atomic mass is 9.88. The molecule has 0 bridgehead atoms. The molecule has 1 aliphatic rings. The molecular weight excluding hydrogens is 158 g/mol. The van der Waals surface area contributed by atoms with Gasteiger partial charge in [0.25, 0.3) is 0 Å². The van der Waals surface area contributed by atoms with Crippen molar-refractivity contribution in [1.82, 2.24) is 5.32 Å². The van der Waals surface area contributed by atoms with Gasteiger partial charge in [-0.25, -0.2) is 0 Å². The van der Waals surface area contributed by atoms with Crippen LogP contribution < -0.4 is 5.32 Å². The smallest absolute Gasteiger partial charge is 0.0953 e. The van der Waals surface area contributed by atoms with Gasteiger partial charge in [-0.05, 0) is 13.0 Å². The molecule has 0 aromatic rings. The number of likely N-dealkylation sites (N-methyl/N-ethyl adjacent to an activating group) is 1. The summed E-state index contributed by atoms with van der Waals surface area (Å²) in [5, 5.41) is 31.1. The Kier molecular flexibility index (Phi) is 3.46. The molecule has 0 unspecified atom stereocenters. The van der Waals surface area contributed by atoms with Crippen molar-refractivity contribution in [3.05, 3.63) is 0 Å². The van der Waals surface area contributed by atoms with E-state index in [0.717, 1.165) is 6.54 Å². The highest BCUT2D eigenvalue weighted by Crippen LogP contribution is 2.19. The fourth-order valence-electron chi connectivity index (χ4n) is 1.68. The van der Waals surface area contributed by atoms with Crippen LogP contribution in [0.2, 0.25) is 0 Å². The second kappa shape index (κ2) is 4.18. The van der Waals surface area contributed by atoms with E-state index in [2.05, 4.69) is 5.32 Å². The van der Waals surface area contributed by atoms with Crippen LogP contribution >= 0.6 is 0 Å². The van der Waals surface area contributed by atoms with Crippen LogP contribution in [0.1, 0.15) is 19.8 Å². The van der Waals surface area contributed by atoms with Gasteiger partial charge in [0.15, 0.2) is 0 Å². The molecule has 1 saturated carbocycles. The van der Waals surface area contributed by atoms with E-state index >= 15 is 0 Å². The van der Waals surface area contributed by atoms with E-state index in [4.69, 9.17) is 0 Å². The molecule has 1 aliphatic carbocycles. The molecule has 4 atom stereocenters. The van der Waals surface area contributed by atoms with Gasteiger partial charge in [-0.15, -0.1) is 0 Å². The lowest BCUT2D eigenvalue weighted by molar-refractivity contribution is -0.0679. The summed E-state index contributed by atoms with van der Waals surface area (Å²) < 4.78 is 0. The van der Waals surface area contributed by atoms with Crippen LogP contribution in [0.25, 0.3) is 0 Å². The van der Waals surface area contributed by atoms with Crippen LogP contribution in [0.5, 0.6) is 0 Å². The average Bonchev–Trinajstić information content (AvgIpc) is 2.00. The molecule has 4 heteroatoms. The summed E-state index contributed by atoms with van der Waals surface area (Å²) in [6.45, 7) is 2.67. The van der Waals surface area contributed by atoms with E-state index in [1.54, 1.807) is 0 Å². The predicted molar refractivity (Wildman–Crippen MR) is 44.7 cm³/mol. The SMILES string of the molecule is CCN[C@@H]1C[C@H](O)C[C@@H](O)[C@H]1O. The molecule has 0 radical (unpaired) electrons. The lowest BCUT2D eigenvalue weighted by Gasteiger charge is -2.35. The largest absolute Gasteiger partial charge is 0.393 e. The van der Waals surface area contributed by atoms with Gasteiger partial charge in [0.05, 0.1) is 18.3 Å². The Morgan fingerprint density at radius 1 is 1.25 bits per heavy atom. The average molecular weight is 175 g/mol. The third-order valence-electron chi connectivity index (χ3n) is 2.31. The third kappa shape index (κ3) is 2.17. The summed E-state index contributed by atoms with van der Waals surface area (Å²) >= 11 is 0. The lowest BCUT2D eigenvalue weighted by Crippen LogP contribution is -2.52. The topological polar surface area (TPSA) is 72.7 Å². The zero-order chi connectivity index (χ0) is 9.14. The Hall–Kier alpha value is -0.160. The highest BCUT2D eigenvalue weighted by atomic mass is 16.3. The molecule has 1 rings (SSSR count). The van der Waals surface area contributed by atoms with Gasteiger partial charge < -0.3 is 20.6 Å². The number of aliphatic hydroxyl groups is 3. The summed E-state index contributed by atoms with van der Waals surface area (Å²) in [5.41, 5.74) is 0. The molecule has 0 aromatic heterocycles. The molecule has 0 spiro atoms. The maximum absolute atomic E-state index is 9.46. The van der Waals surface area contributed by atoms with Crippen molar-refractivity contribution >= 4 is 0 Å². The van der Waals surface area contributed by atoms with Crippen molar-refractivity contribution in [2.75, 3.05) is 6.54 Å². The Morgan fingerprint density at radius 2 is 1.92 bits per heavy atom. The summed E-state index contributed by atoms with van der Waals surface area (Å²) in [4.78, 5) is 0. The minimum absolute atomic E-state index is 0.172. The number of aliphatic hydroxyl groups excluding tert-OH is 3. The first-order chi connectivity index (χ1) is 5.65. The second-order valence-corrected chi connectivity index (χ2v) is 3.35. The van der Waals surface area contributed by atoms with Gasteiger partial charge in [0, 0.05) is 12.5 Å². The van der Waals surface area contributed by atoms with Crippen molar-refractivity contribution in [1.29, 1.82) is 0 Å². The maximum atomic E-state index is 9.46. The van der Waals surface area contributed by atoms with E-state index in [-0.39, 0.29) is 12.5 Å². The standard InChI is InChI=1S/C8H17NO3/c1-2-9-6-3-5(10)4-7(11)8(6)12/h5-12H,2-4H2,1H3/t5-,6+,7+,8-/m0/s1. The minimum atomic E-state index is -0.794. The first-order valence-corrected chi connectivity index (χ1v) is 4.42. The quantitative estimate of drug-likeness (QED) is 0.427. The van der Waals surface area contributed by atoms with Gasteiger partial charge in [0.1, 0.15) is 0 Å². The summed E-state index contributed by atoms with van der Waals surface area (Å²) in [6, 6.07) is -0.172. The molecule has 0 aliphatic heterocycles. The third-order valence-corrected chi connectivity index (χ3v) is 2.31. The number of hydrogen-bond donors (Lipinski definition) is 4. The van der Waals surface area contributed by atoms with Crippen molar-refractivity contribution in [2.24, 2.45) is 0 Å². The van der Waals surface area contributed by atoms with E-state index in [9.17, 15) is 15.3 Å². The summed E-state index contributed by atoms with van der Waals surface area (Å²) in [6.07, 6.45) is -1.23. The number of nitrogens with one attached hydrogen (secondary N) is 1. The van der Waals surface area contributed by atoms with Crippen molar-refractivity contribution < 1.29 is 15.3 Å². The maximum Gasteiger partial charge on any atom is 0.0953 e. The van der Waals surface area contributed by atoms with Gasteiger partial charge in [-0.1, -0.05) is 6.92 Å².